The number of benzene rings is 2. The van der Waals surface area contributed by atoms with Crippen molar-refractivity contribution < 1.29 is 18.7 Å². The molecule has 34 heavy (non-hydrogen) atoms. The minimum atomic E-state index is -1.47. The van der Waals surface area contributed by atoms with E-state index in [1.165, 1.54) is 11.1 Å². The second kappa shape index (κ2) is 13.7. The molecule has 0 radical (unpaired) electrons. The minimum absolute atomic E-state index is 0.00997. The van der Waals surface area contributed by atoms with Crippen molar-refractivity contribution in [2.75, 3.05) is 6.61 Å². The molecule has 0 N–H and O–H groups in total. The minimum Gasteiger partial charge on any atom is -0.492 e. The summed E-state index contributed by atoms with van der Waals surface area (Å²) in [6.45, 7) is 4.41. The lowest BCUT2D eigenvalue weighted by Gasteiger charge is -2.28. The molecule has 0 aliphatic heterocycles. The second-order valence-electron chi connectivity index (χ2n) is 9.54. The van der Waals surface area contributed by atoms with E-state index in [1.807, 2.05) is 26.0 Å². The van der Waals surface area contributed by atoms with Crippen LogP contribution >= 0.6 is 11.6 Å². The van der Waals surface area contributed by atoms with E-state index in [1.54, 1.807) is 0 Å². The smallest absolute Gasteiger partial charge is 0.340 e. The van der Waals surface area contributed by atoms with Crippen LogP contribution in [0.1, 0.15) is 70.8 Å². The number of unbranched alkanes of at least 4 members (excludes halogenated alkanes) is 1. The Labute approximate surface area is 209 Å². The van der Waals surface area contributed by atoms with Gasteiger partial charge in [-0.05, 0) is 86.6 Å². The number of aryl methyl sites for hydroxylation is 1. The van der Waals surface area contributed by atoms with Crippen molar-refractivity contribution in [3.05, 3.63) is 54.1 Å². The van der Waals surface area contributed by atoms with Crippen LogP contribution in [-0.4, -0.2) is 30.2 Å². The van der Waals surface area contributed by atoms with E-state index >= 15 is 0 Å². The maximum Gasteiger partial charge on any atom is 0.340 e. The third-order valence-electron chi connectivity index (χ3n) is 6.61. The third kappa shape index (κ3) is 8.61. The molecular weight excluding hydrogens is 451 g/mol. The Kier molecular flexibility index (Phi) is 10.7. The number of rotatable bonds is 12. The standard InChI is InChI=1S/C29H38ClFO3/c1-3-4-5-28(31)29(32)34-27-16-10-23(11-17-27)7-6-22-8-12-24(13-9-22)25-14-18-26(19-15-25)33-20-21(2)30/h8-9,12-15,18-19,21,23,27-28H,3-7,10-11,16-17,20H2,1-2H3/t21-,23?,27?,28-/m0/s1. The van der Waals surface area contributed by atoms with Crippen molar-refractivity contribution in [3.63, 3.8) is 0 Å². The van der Waals surface area contributed by atoms with Gasteiger partial charge in [-0.1, -0.05) is 56.2 Å². The van der Waals surface area contributed by atoms with Gasteiger partial charge in [0.05, 0.1) is 5.38 Å². The van der Waals surface area contributed by atoms with Gasteiger partial charge in [0.1, 0.15) is 18.5 Å². The van der Waals surface area contributed by atoms with E-state index in [0.29, 0.717) is 12.5 Å². The number of carbonyl (C=O) groups is 1. The topological polar surface area (TPSA) is 35.5 Å². The summed E-state index contributed by atoms with van der Waals surface area (Å²) in [7, 11) is 0. The molecule has 0 bridgehead atoms. The van der Waals surface area contributed by atoms with Gasteiger partial charge in [-0.2, -0.15) is 0 Å². The molecule has 0 aromatic heterocycles. The first-order chi connectivity index (χ1) is 16.4. The van der Waals surface area contributed by atoms with Crippen molar-refractivity contribution in [1.29, 1.82) is 0 Å². The zero-order valence-corrected chi connectivity index (χ0v) is 21.2. The fourth-order valence-electron chi connectivity index (χ4n) is 4.47. The zero-order valence-electron chi connectivity index (χ0n) is 20.5. The average molecular weight is 489 g/mol. The zero-order chi connectivity index (χ0) is 24.3. The van der Waals surface area contributed by atoms with Gasteiger partial charge in [0.25, 0.3) is 0 Å². The monoisotopic (exact) mass is 488 g/mol. The molecule has 0 unspecified atom stereocenters. The molecule has 5 heteroatoms. The highest BCUT2D eigenvalue weighted by molar-refractivity contribution is 6.20. The Hall–Kier alpha value is -2.07. The largest absolute Gasteiger partial charge is 0.492 e. The molecule has 1 saturated carbocycles. The van der Waals surface area contributed by atoms with E-state index in [0.717, 1.165) is 62.7 Å². The Morgan fingerprint density at radius 3 is 2.24 bits per heavy atom. The lowest BCUT2D eigenvalue weighted by Crippen LogP contribution is -2.29. The van der Waals surface area contributed by atoms with E-state index in [4.69, 9.17) is 21.1 Å². The molecule has 2 atom stereocenters. The van der Waals surface area contributed by atoms with Crippen LogP contribution in [0, 0.1) is 5.92 Å². The van der Waals surface area contributed by atoms with Crippen LogP contribution in [0.3, 0.4) is 0 Å². The number of hydrogen-bond donors (Lipinski definition) is 0. The molecule has 0 amide bonds. The van der Waals surface area contributed by atoms with Crippen LogP contribution in [0.25, 0.3) is 11.1 Å². The maximum absolute atomic E-state index is 13.9. The first-order valence-corrected chi connectivity index (χ1v) is 13.2. The molecule has 3 nitrogen and oxygen atoms in total. The van der Waals surface area contributed by atoms with E-state index in [-0.39, 0.29) is 17.9 Å². The fraction of sp³-hybridized carbons (Fsp3) is 0.552. The van der Waals surface area contributed by atoms with Crippen molar-refractivity contribution >= 4 is 17.6 Å². The van der Waals surface area contributed by atoms with Crippen LogP contribution in [0.5, 0.6) is 5.75 Å². The molecule has 0 heterocycles. The Balaban J connectivity index is 1.39. The summed E-state index contributed by atoms with van der Waals surface area (Å²) in [6.07, 6.45) is 6.26. The van der Waals surface area contributed by atoms with Gasteiger partial charge in [-0.25, -0.2) is 9.18 Å². The molecule has 1 aliphatic rings. The van der Waals surface area contributed by atoms with Crippen molar-refractivity contribution in [2.24, 2.45) is 5.92 Å². The van der Waals surface area contributed by atoms with Gasteiger partial charge in [-0.15, -0.1) is 11.6 Å². The number of esters is 1. The fourth-order valence-corrected chi connectivity index (χ4v) is 4.53. The highest BCUT2D eigenvalue weighted by atomic mass is 35.5. The van der Waals surface area contributed by atoms with Gasteiger partial charge in [0, 0.05) is 0 Å². The van der Waals surface area contributed by atoms with Crippen LogP contribution in [-0.2, 0) is 16.0 Å². The van der Waals surface area contributed by atoms with E-state index in [9.17, 15) is 9.18 Å². The summed E-state index contributed by atoms with van der Waals surface area (Å²) in [5, 5.41) is -0.00997. The molecule has 0 saturated heterocycles. The molecule has 2 aromatic rings. The predicted molar refractivity (Wildman–Crippen MR) is 137 cm³/mol. The van der Waals surface area contributed by atoms with Gasteiger partial charge in [-0.3, -0.25) is 0 Å². The number of carbonyl (C=O) groups excluding carboxylic acids is 1. The summed E-state index contributed by atoms with van der Waals surface area (Å²) in [6, 6.07) is 16.9. The lowest BCUT2D eigenvalue weighted by molar-refractivity contribution is -0.157. The molecular formula is C29H38ClFO3. The van der Waals surface area contributed by atoms with Crippen LogP contribution < -0.4 is 4.74 Å². The Bertz CT molecular complexity index is 858. The summed E-state index contributed by atoms with van der Waals surface area (Å²) >= 11 is 5.94. The Morgan fingerprint density at radius 1 is 1.03 bits per heavy atom. The molecule has 2 aromatic carbocycles. The predicted octanol–water partition coefficient (Wildman–Crippen LogP) is 7.92. The van der Waals surface area contributed by atoms with E-state index < -0.39 is 12.1 Å². The maximum atomic E-state index is 13.9. The van der Waals surface area contributed by atoms with Gasteiger partial charge >= 0.3 is 5.97 Å². The molecule has 186 valence electrons. The van der Waals surface area contributed by atoms with Gasteiger partial charge < -0.3 is 9.47 Å². The average Bonchev–Trinajstić information content (AvgIpc) is 2.86. The number of hydrogen-bond acceptors (Lipinski definition) is 3. The highest BCUT2D eigenvalue weighted by Crippen LogP contribution is 2.30. The number of ether oxygens (including phenoxy) is 2. The molecule has 1 fully saturated rings. The van der Waals surface area contributed by atoms with Crippen molar-refractivity contribution in [1.82, 2.24) is 0 Å². The summed E-state index contributed by atoms with van der Waals surface area (Å²) in [5.74, 6) is 0.807. The van der Waals surface area contributed by atoms with Crippen molar-refractivity contribution in [2.45, 2.75) is 89.3 Å². The first kappa shape index (κ1) is 26.5. The van der Waals surface area contributed by atoms with Crippen LogP contribution in [0.2, 0.25) is 0 Å². The van der Waals surface area contributed by atoms with Gasteiger partial charge in [0.2, 0.25) is 0 Å². The summed E-state index contributed by atoms with van der Waals surface area (Å²) in [5.41, 5.74) is 3.69. The third-order valence-corrected chi connectivity index (χ3v) is 6.73. The summed E-state index contributed by atoms with van der Waals surface area (Å²) < 4.78 is 24.9. The normalized spacial score (nSPS) is 19.9. The lowest BCUT2D eigenvalue weighted by atomic mass is 9.83. The number of alkyl halides is 2. The Morgan fingerprint density at radius 2 is 1.65 bits per heavy atom. The second-order valence-corrected chi connectivity index (χ2v) is 10.3. The molecule has 1 aliphatic carbocycles. The van der Waals surface area contributed by atoms with Crippen LogP contribution in [0.4, 0.5) is 4.39 Å². The summed E-state index contributed by atoms with van der Waals surface area (Å²) in [4.78, 5) is 11.9. The SMILES string of the molecule is CCCC[C@H](F)C(=O)OC1CCC(CCc2ccc(-c3ccc(OC[C@H](C)Cl)cc3)cc2)CC1. The van der Waals surface area contributed by atoms with Crippen molar-refractivity contribution in [3.8, 4) is 16.9 Å². The van der Waals surface area contributed by atoms with Crippen LogP contribution in [0.15, 0.2) is 48.5 Å². The molecule has 3 rings (SSSR count). The number of halogens is 2. The molecule has 0 spiro atoms. The first-order valence-electron chi connectivity index (χ1n) is 12.8. The van der Waals surface area contributed by atoms with Gasteiger partial charge in [0.15, 0.2) is 6.17 Å². The quantitative estimate of drug-likeness (QED) is 0.225. The van der Waals surface area contributed by atoms with E-state index in [2.05, 4.69) is 36.4 Å². The highest BCUT2D eigenvalue weighted by Gasteiger charge is 2.27.